The van der Waals surface area contributed by atoms with Gasteiger partial charge in [-0.25, -0.2) is 46.3 Å². The van der Waals surface area contributed by atoms with Crippen LogP contribution in [0.3, 0.4) is 0 Å². The van der Waals surface area contributed by atoms with Gasteiger partial charge in [0, 0.05) is 54.9 Å². The van der Waals surface area contributed by atoms with E-state index in [1.54, 1.807) is 44.0 Å². The van der Waals surface area contributed by atoms with E-state index in [1.807, 2.05) is 23.2 Å². The summed E-state index contributed by atoms with van der Waals surface area (Å²) in [6.45, 7) is 18.7. The predicted molar refractivity (Wildman–Crippen MR) is 389 cm³/mol. The fourth-order valence-electron chi connectivity index (χ4n) is 13.2. The monoisotopic (exact) mass is 1540 g/mol. The predicted octanol–water partition coefficient (Wildman–Crippen LogP) is 7.66. The molecule has 0 amide bonds. The van der Waals surface area contributed by atoms with Gasteiger partial charge >= 0.3 is 72.3 Å². The molecule has 7 fully saturated rings. The molecule has 3 N–H and O–H groups in total. The molecule has 0 saturated heterocycles. The van der Waals surface area contributed by atoms with E-state index < -0.39 is 25.1 Å². The Labute approximate surface area is 660 Å². The molecule has 586 valence electrons. The van der Waals surface area contributed by atoms with E-state index in [9.17, 15) is 36.0 Å². The van der Waals surface area contributed by atoms with E-state index in [-0.39, 0.29) is 84.9 Å². The van der Waals surface area contributed by atoms with Gasteiger partial charge in [-0.1, -0.05) is 136 Å². The molecule has 7 aliphatic rings. The number of azide groups is 1. The first kappa shape index (κ1) is 102. The molecule has 0 spiro atoms. The number of aryl methyl sites for hydroxylation is 1. The van der Waals surface area contributed by atoms with Crippen LogP contribution >= 0.6 is 10.7 Å². The van der Waals surface area contributed by atoms with Gasteiger partial charge in [-0.05, 0) is 172 Å². The summed E-state index contributed by atoms with van der Waals surface area (Å²) in [7, 11) is -1.90. The zero-order chi connectivity index (χ0) is 74.8. The van der Waals surface area contributed by atoms with Crippen molar-refractivity contribution in [2.45, 2.75) is 262 Å². The van der Waals surface area contributed by atoms with E-state index in [0.29, 0.717) is 103 Å². The van der Waals surface area contributed by atoms with Gasteiger partial charge in [0.2, 0.25) is 9.05 Å². The van der Waals surface area contributed by atoms with Crippen LogP contribution in [-0.2, 0) is 63.7 Å². The first-order chi connectivity index (χ1) is 48.2. The van der Waals surface area contributed by atoms with Crippen molar-refractivity contribution in [2.24, 2.45) is 46.5 Å². The smallest absolute Gasteiger partial charge is 0.870 e. The number of carbonyl (C=O) groups excluding carboxylic acids is 3. The Hall–Kier alpha value is -5.27. The second kappa shape index (κ2) is 56.9. The van der Waals surface area contributed by atoms with Crippen LogP contribution in [0.25, 0.3) is 26.4 Å². The number of carboxylic acid groups (broad SMARTS) is 1. The number of aliphatic hydroxyl groups is 1. The minimum Gasteiger partial charge on any atom is -0.870 e. The van der Waals surface area contributed by atoms with Gasteiger partial charge in [-0.15, -0.1) is 20.4 Å². The molecule has 33 nitrogen and oxygen atoms in total. The van der Waals surface area contributed by atoms with Crippen molar-refractivity contribution in [3.8, 4) is 0 Å². The number of aliphatic hydroxyl groups excluding tert-OH is 1. The maximum atomic E-state index is 11.8. The first-order valence-corrected chi connectivity index (χ1v) is 40.4. The fourth-order valence-corrected chi connectivity index (χ4v) is 13.7. The van der Waals surface area contributed by atoms with Gasteiger partial charge < -0.3 is 41.0 Å². The maximum Gasteiger partial charge on any atom is 1.00 e. The number of carboxylic acids is 1. The van der Waals surface area contributed by atoms with E-state index in [0.717, 1.165) is 69.5 Å². The average Bonchev–Trinajstić information content (AvgIpc) is 1.72. The van der Waals surface area contributed by atoms with Gasteiger partial charge in [-0.3, -0.25) is 9.09 Å². The minimum atomic E-state index is -3.21. The summed E-state index contributed by atoms with van der Waals surface area (Å²) in [6, 6.07) is 0. The van der Waals surface area contributed by atoms with Gasteiger partial charge in [0.1, 0.15) is 0 Å². The van der Waals surface area contributed by atoms with Crippen LogP contribution in [-0.4, -0.2) is 168 Å². The number of halogens is 1. The number of aromatic nitrogens is 12. The Morgan fingerprint density at radius 3 is 1.07 bits per heavy atom. The summed E-state index contributed by atoms with van der Waals surface area (Å²) in [5.41, 5.74) is 25.7. The molecule has 105 heavy (non-hydrogen) atoms. The van der Waals surface area contributed by atoms with Crippen LogP contribution < -0.4 is 48.4 Å². The number of carbonyl (C=O) groups is 4. The number of nitrogens with zero attached hydrogens (tertiary/aromatic N) is 18. The molecule has 4 aromatic rings. The van der Waals surface area contributed by atoms with Crippen molar-refractivity contribution in [1.82, 2.24) is 60.0 Å². The molecule has 0 radical (unpaired) electrons. The van der Waals surface area contributed by atoms with E-state index in [2.05, 4.69) is 66.1 Å². The molecule has 11 rings (SSSR count). The second-order valence-corrected chi connectivity index (χ2v) is 31.4. The molecule has 38 heteroatoms. The third-order valence-corrected chi connectivity index (χ3v) is 19.3. The van der Waals surface area contributed by atoms with Crippen LogP contribution in [0.5, 0.6) is 0 Å². The molecule has 7 aliphatic carbocycles. The van der Waals surface area contributed by atoms with Crippen molar-refractivity contribution >= 4 is 53.7 Å². The van der Waals surface area contributed by atoms with Crippen LogP contribution in [0.4, 0.5) is 0 Å². The number of hydrogen-bond donors (Lipinski definition) is 2. The van der Waals surface area contributed by atoms with Crippen LogP contribution in [0.1, 0.15) is 273 Å². The Balaban J connectivity index is 0. The molecule has 4 aromatic heterocycles. The van der Waals surface area contributed by atoms with Crippen molar-refractivity contribution in [3.63, 3.8) is 0 Å². The van der Waals surface area contributed by atoms with Crippen molar-refractivity contribution < 1.29 is 119 Å². The molecule has 0 aliphatic heterocycles. The number of hydrogen-bond acceptors (Lipinski definition) is 23. The zero-order valence-corrected chi connectivity index (χ0v) is 67.8. The molecule has 0 aromatic carbocycles. The number of rotatable bonds is 21. The normalized spacial score (nSPS) is 16.4. The van der Waals surface area contributed by atoms with E-state index in [1.165, 1.54) is 172 Å². The quantitative estimate of drug-likeness (QED) is 0.0118. The summed E-state index contributed by atoms with van der Waals surface area (Å²) < 4.78 is 66.6. The molecule has 7 saturated carbocycles. The summed E-state index contributed by atoms with van der Waals surface area (Å²) in [6.07, 6.45) is 37.4. The zero-order valence-electron chi connectivity index (χ0n) is 63.4. The summed E-state index contributed by atoms with van der Waals surface area (Å²) in [5.74, 6) is 2.42. The largest absolute Gasteiger partial charge is 1.00 e. The van der Waals surface area contributed by atoms with Crippen molar-refractivity contribution in [1.29, 1.82) is 0 Å². The Kier molecular flexibility index (Phi) is 55.2. The molecule has 4 heterocycles. The summed E-state index contributed by atoms with van der Waals surface area (Å²) in [4.78, 5) is 49.9. The molecular formula is C67H117ClLiN18NaO15S2. The number of aromatic carboxylic acids is 1. The Morgan fingerprint density at radius 2 is 0.781 bits per heavy atom. The minimum absolute atomic E-state index is 0. The number of ether oxygens (including phenoxy) is 3. The first-order valence-electron chi connectivity index (χ1n) is 35.9. The van der Waals surface area contributed by atoms with E-state index in [4.69, 9.17) is 41.0 Å². The van der Waals surface area contributed by atoms with Crippen molar-refractivity contribution in [2.75, 3.05) is 52.1 Å². The van der Waals surface area contributed by atoms with Crippen LogP contribution in [0.15, 0.2) is 5.11 Å². The van der Waals surface area contributed by atoms with E-state index >= 15 is 0 Å². The molecule has 0 atom stereocenters. The number of esters is 3. The third-order valence-electron chi connectivity index (χ3n) is 18.7. The van der Waals surface area contributed by atoms with Gasteiger partial charge in [0.05, 0.1) is 61.7 Å². The van der Waals surface area contributed by atoms with Crippen LogP contribution in [0, 0.1) is 69.1 Å². The standard InChI is InChI=1S/3C12H19N3O2.C10H15N3O2.C7H14O3S.C6H11N3.C6H12O.CH3ClO2S.CH4.Li.N3.Na.H2O/c2*1-3-17-12(16)11-9(2)15(14-13-11)8-10-6-4-5-7-10;1-3-17-12(16)11-9(2)13-14-15(11)8-10-6-4-5-7-10;1-7-9(10(14)15)11-12-13(7)6-8-4-2-3-5-8;1-11(8,9)10-6-7-4-2-3-5-7;7-9-8-5-6-3-1-2-4-6;7-5-6-3-1-2-4-6;1-5(2,3)4;;;1-3-2;;/h3*10H,3-8H2,1-2H3;8H,2-6H2,1H3,(H,14,15);7H,2-6H2,1H3;6H,1-5H2;6-7H,1-5H2;1H3;1H4;;;;1H2/q;;;;;;;;;+1;-1;+1;/p-1. The van der Waals surface area contributed by atoms with Gasteiger partial charge in [0.15, 0.2) is 22.8 Å². The topological polar surface area (TPSA) is 474 Å². The summed E-state index contributed by atoms with van der Waals surface area (Å²) in [5, 5.41) is 52.4. The van der Waals surface area contributed by atoms with Crippen LogP contribution in [0.2, 0.25) is 0 Å². The third kappa shape index (κ3) is 41.8. The fraction of sp³-hybridized carbons (Fsp3) is 0.821. The van der Waals surface area contributed by atoms with Gasteiger partial charge in [0.25, 0.3) is 10.1 Å². The van der Waals surface area contributed by atoms with Gasteiger partial charge in [-0.2, -0.15) is 8.42 Å². The SMILES string of the molecule is C.CCOC(=O)c1c(C)nnn1CC1CCCC1.CCOC(=O)c1nnn(CC2CCCC2)c1C.CCOC(=O)c1nnn(CC2CCCC2)c1C.CS(=O)(=O)Cl.CS(=O)(=O)OCC1CCCC1.Cc1c(C(=O)O)nnn1CC1CCCC1.OCC1CCCC1.[Li+].[N-]=[N+]=NCC1CCCC1.[N-]=[N+]=[N-].[Na+].[OH-]. The average molecular weight is 1540 g/mol. The molecule has 0 unspecified atom stereocenters. The van der Waals surface area contributed by atoms with Crippen molar-refractivity contribution in [3.05, 3.63) is 72.0 Å². The molecule has 0 bridgehead atoms. The Morgan fingerprint density at radius 1 is 0.505 bits per heavy atom. The molecular weight excluding hydrogens is 1430 g/mol. The Bertz CT molecular complexity index is 3300. The maximum absolute atomic E-state index is 11.8. The summed E-state index contributed by atoms with van der Waals surface area (Å²) >= 11 is 0. The second-order valence-electron chi connectivity index (χ2n) is 26.7.